The number of hydrogen-bond acceptors (Lipinski definition) is 4. The summed E-state index contributed by atoms with van der Waals surface area (Å²) in [6, 6.07) is -0.00144. The van der Waals surface area contributed by atoms with Crippen molar-refractivity contribution in [2.75, 3.05) is 6.54 Å². The molecule has 1 atom stereocenters. The third-order valence-electron chi connectivity index (χ3n) is 2.78. The Labute approximate surface area is 108 Å². The number of carbonyl (C=O) groups is 1. The first-order valence-corrected chi connectivity index (χ1v) is 6.51. The third kappa shape index (κ3) is 4.10. The van der Waals surface area contributed by atoms with Gasteiger partial charge in [-0.05, 0) is 6.42 Å². The molecule has 1 heterocycles. The lowest BCUT2D eigenvalue weighted by Gasteiger charge is -2.14. The molecule has 0 radical (unpaired) electrons. The summed E-state index contributed by atoms with van der Waals surface area (Å²) in [5, 5.41) is 9.54. The van der Waals surface area contributed by atoms with Gasteiger partial charge in [0, 0.05) is 18.5 Å². The fraction of sp³-hybridized carbons (Fsp3) is 0.750. The van der Waals surface area contributed by atoms with E-state index in [0.29, 0.717) is 6.54 Å². The van der Waals surface area contributed by atoms with Crippen molar-refractivity contribution in [3.05, 3.63) is 11.6 Å². The first-order valence-electron chi connectivity index (χ1n) is 6.51. The average Bonchev–Trinajstić information content (AvgIpc) is 2.83. The zero-order valence-corrected chi connectivity index (χ0v) is 11.4. The Bertz CT molecular complexity index is 374. The number of H-pyrrole nitrogens is 1. The van der Waals surface area contributed by atoms with E-state index in [9.17, 15) is 4.79 Å². The lowest BCUT2D eigenvalue weighted by Crippen LogP contribution is -2.40. The summed E-state index contributed by atoms with van der Waals surface area (Å²) >= 11 is 0. The van der Waals surface area contributed by atoms with Crippen molar-refractivity contribution < 1.29 is 4.79 Å². The molecule has 0 saturated carbocycles. The molecule has 4 N–H and O–H groups in total. The van der Waals surface area contributed by atoms with Crippen molar-refractivity contribution in [1.29, 1.82) is 0 Å². The van der Waals surface area contributed by atoms with Crippen LogP contribution >= 0.6 is 0 Å². The monoisotopic (exact) mass is 253 g/mol. The Balaban J connectivity index is 2.57. The second-order valence-corrected chi connectivity index (χ2v) is 4.75. The van der Waals surface area contributed by atoms with Gasteiger partial charge < -0.3 is 11.1 Å². The zero-order valence-electron chi connectivity index (χ0n) is 11.4. The normalized spacial score (nSPS) is 12.7. The average molecular weight is 253 g/mol. The second-order valence-electron chi connectivity index (χ2n) is 4.75. The van der Waals surface area contributed by atoms with Gasteiger partial charge in [0.1, 0.15) is 5.82 Å². The molecule has 6 heteroatoms. The van der Waals surface area contributed by atoms with E-state index in [2.05, 4.69) is 27.4 Å². The van der Waals surface area contributed by atoms with Crippen LogP contribution in [-0.2, 0) is 0 Å². The third-order valence-corrected chi connectivity index (χ3v) is 2.78. The molecule has 1 aromatic rings. The van der Waals surface area contributed by atoms with Crippen LogP contribution in [0.5, 0.6) is 0 Å². The van der Waals surface area contributed by atoms with Crippen LogP contribution in [0.3, 0.4) is 0 Å². The highest BCUT2D eigenvalue weighted by Gasteiger charge is 2.17. The van der Waals surface area contributed by atoms with Gasteiger partial charge in [-0.1, -0.05) is 33.6 Å². The van der Waals surface area contributed by atoms with Crippen molar-refractivity contribution in [3.8, 4) is 0 Å². The molecule has 0 spiro atoms. The van der Waals surface area contributed by atoms with Gasteiger partial charge >= 0.3 is 0 Å². The first kappa shape index (κ1) is 14.6. The van der Waals surface area contributed by atoms with Gasteiger partial charge in [-0.25, -0.2) is 4.98 Å². The second kappa shape index (κ2) is 7.10. The maximum Gasteiger partial charge on any atom is 0.291 e. The van der Waals surface area contributed by atoms with Gasteiger partial charge in [0.15, 0.2) is 0 Å². The smallest absolute Gasteiger partial charge is 0.291 e. The Kier molecular flexibility index (Phi) is 5.77. The van der Waals surface area contributed by atoms with Gasteiger partial charge in [0.25, 0.3) is 5.91 Å². The highest BCUT2D eigenvalue weighted by molar-refractivity contribution is 5.90. The maximum atomic E-state index is 11.9. The number of nitrogens with two attached hydrogens (primary N) is 1. The molecule has 1 unspecified atom stereocenters. The van der Waals surface area contributed by atoms with Crippen LogP contribution in [-0.4, -0.2) is 33.7 Å². The topological polar surface area (TPSA) is 96.7 Å². The molecule has 0 aliphatic rings. The molecule has 1 aromatic heterocycles. The lowest BCUT2D eigenvalue weighted by atomic mass is 10.1. The van der Waals surface area contributed by atoms with Crippen molar-refractivity contribution >= 4 is 5.91 Å². The van der Waals surface area contributed by atoms with Gasteiger partial charge in [-0.3, -0.25) is 9.89 Å². The summed E-state index contributed by atoms with van der Waals surface area (Å²) in [6.07, 6.45) is 3.03. The van der Waals surface area contributed by atoms with Crippen LogP contribution in [0, 0.1) is 0 Å². The zero-order chi connectivity index (χ0) is 13.5. The molecule has 0 aromatic carbocycles. The number of hydrogen-bond donors (Lipinski definition) is 3. The van der Waals surface area contributed by atoms with E-state index in [0.717, 1.165) is 25.1 Å². The number of carbonyl (C=O) groups excluding carboxylic acids is 1. The standard InChI is InChI=1S/C12H23N5O/c1-4-5-6-9(7-13)14-12(18)11-15-10(8(2)3)16-17-11/h8-9H,4-7,13H2,1-3H3,(H,14,18)(H,15,16,17). The van der Waals surface area contributed by atoms with Crippen molar-refractivity contribution in [1.82, 2.24) is 20.5 Å². The van der Waals surface area contributed by atoms with Gasteiger partial charge in [0.05, 0.1) is 0 Å². The first-order chi connectivity index (χ1) is 8.58. The van der Waals surface area contributed by atoms with Crippen molar-refractivity contribution in [2.24, 2.45) is 5.73 Å². The van der Waals surface area contributed by atoms with Crippen LogP contribution in [0.2, 0.25) is 0 Å². The van der Waals surface area contributed by atoms with E-state index in [1.807, 2.05) is 13.8 Å². The lowest BCUT2D eigenvalue weighted by molar-refractivity contribution is 0.0925. The largest absolute Gasteiger partial charge is 0.345 e. The van der Waals surface area contributed by atoms with Gasteiger partial charge in [0.2, 0.25) is 5.82 Å². The molecule has 102 valence electrons. The maximum absolute atomic E-state index is 11.9. The molecule has 0 aliphatic carbocycles. The fourth-order valence-corrected chi connectivity index (χ4v) is 1.58. The van der Waals surface area contributed by atoms with E-state index in [4.69, 9.17) is 5.73 Å². The molecule has 0 saturated heterocycles. The molecule has 0 aliphatic heterocycles. The summed E-state index contributed by atoms with van der Waals surface area (Å²) in [5.41, 5.74) is 5.63. The number of unbranched alkanes of at least 4 members (excludes halogenated alkanes) is 1. The molecular weight excluding hydrogens is 230 g/mol. The van der Waals surface area contributed by atoms with Crippen LogP contribution in [0.15, 0.2) is 0 Å². The number of nitrogens with zero attached hydrogens (tertiary/aromatic N) is 2. The Morgan fingerprint density at radius 3 is 2.72 bits per heavy atom. The minimum atomic E-state index is -0.260. The van der Waals surface area contributed by atoms with Gasteiger partial charge in [-0.2, -0.15) is 0 Å². The molecule has 1 rings (SSSR count). The number of nitrogens with one attached hydrogen (secondary N) is 2. The summed E-state index contributed by atoms with van der Waals surface area (Å²) < 4.78 is 0. The summed E-state index contributed by atoms with van der Waals surface area (Å²) in [4.78, 5) is 16.1. The van der Waals surface area contributed by atoms with E-state index in [-0.39, 0.29) is 23.7 Å². The van der Waals surface area contributed by atoms with Crippen LogP contribution in [0.4, 0.5) is 0 Å². The highest BCUT2D eigenvalue weighted by Crippen LogP contribution is 2.08. The summed E-state index contributed by atoms with van der Waals surface area (Å²) in [7, 11) is 0. The Morgan fingerprint density at radius 1 is 1.50 bits per heavy atom. The van der Waals surface area contributed by atoms with Crippen LogP contribution in [0.1, 0.15) is 62.4 Å². The van der Waals surface area contributed by atoms with Gasteiger partial charge in [-0.15, -0.1) is 5.10 Å². The van der Waals surface area contributed by atoms with Crippen molar-refractivity contribution in [2.45, 2.75) is 52.0 Å². The van der Waals surface area contributed by atoms with E-state index >= 15 is 0 Å². The predicted molar refractivity (Wildman–Crippen MR) is 70.3 cm³/mol. The number of aromatic amines is 1. The predicted octanol–water partition coefficient (Wildman–Crippen LogP) is 1.18. The highest BCUT2D eigenvalue weighted by atomic mass is 16.2. The Hall–Kier alpha value is -1.43. The molecule has 0 bridgehead atoms. The van der Waals surface area contributed by atoms with Crippen molar-refractivity contribution in [3.63, 3.8) is 0 Å². The number of rotatable bonds is 7. The number of aromatic nitrogens is 3. The summed E-state index contributed by atoms with van der Waals surface area (Å²) in [5.74, 6) is 0.876. The van der Waals surface area contributed by atoms with Crippen LogP contribution < -0.4 is 11.1 Å². The minimum Gasteiger partial charge on any atom is -0.345 e. The Morgan fingerprint density at radius 2 is 2.22 bits per heavy atom. The molecule has 18 heavy (non-hydrogen) atoms. The van der Waals surface area contributed by atoms with E-state index in [1.54, 1.807) is 0 Å². The van der Waals surface area contributed by atoms with Crippen LogP contribution in [0.25, 0.3) is 0 Å². The van der Waals surface area contributed by atoms with E-state index < -0.39 is 0 Å². The minimum absolute atomic E-state index is 0.00144. The molecule has 6 nitrogen and oxygen atoms in total. The SMILES string of the molecule is CCCCC(CN)NC(=O)c1n[nH]c(C(C)C)n1. The summed E-state index contributed by atoms with van der Waals surface area (Å²) in [6.45, 7) is 6.53. The molecule has 0 fully saturated rings. The van der Waals surface area contributed by atoms with E-state index in [1.165, 1.54) is 0 Å². The molecular formula is C12H23N5O. The molecule has 1 amide bonds. The quantitative estimate of drug-likeness (QED) is 0.679. The fourth-order valence-electron chi connectivity index (χ4n) is 1.58. The number of amides is 1.